The van der Waals surface area contributed by atoms with Crippen molar-refractivity contribution in [2.24, 2.45) is 0 Å². The van der Waals surface area contributed by atoms with Gasteiger partial charge in [-0.3, -0.25) is 9.59 Å². The molecule has 0 saturated heterocycles. The minimum absolute atomic E-state index is 0.0831. The summed E-state index contributed by atoms with van der Waals surface area (Å²) in [6.07, 6.45) is 1.68. The van der Waals surface area contributed by atoms with Gasteiger partial charge in [-0.2, -0.15) is 0 Å². The highest BCUT2D eigenvalue weighted by Gasteiger charge is 2.30. The fraction of sp³-hybridized carbons (Fsp3) is 0.115. The summed E-state index contributed by atoms with van der Waals surface area (Å²) in [5, 5.41) is 0.589. The Kier molecular flexibility index (Phi) is 6.29. The number of rotatable bonds is 5. The van der Waals surface area contributed by atoms with Gasteiger partial charge in [-0.1, -0.05) is 35.9 Å². The third-order valence-corrected chi connectivity index (χ3v) is 5.32. The Morgan fingerprint density at radius 2 is 1.73 bits per heavy atom. The molecule has 1 aliphatic heterocycles. The summed E-state index contributed by atoms with van der Waals surface area (Å²) in [5.41, 5.74) is 2.92. The zero-order valence-electron chi connectivity index (χ0n) is 17.9. The monoisotopic (exact) mass is 462 g/mol. The number of ketones is 1. The van der Waals surface area contributed by atoms with E-state index < -0.39 is 11.9 Å². The predicted molar refractivity (Wildman–Crippen MR) is 123 cm³/mol. The molecule has 1 heterocycles. The van der Waals surface area contributed by atoms with E-state index in [4.69, 9.17) is 21.1 Å². The van der Waals surface area contributed by atoms with Crippen LogP contribution in [0, 0.1) is 6.92 Å². The highest BCUT2D eigenvalue weighted by molar-refractivity contribution is 6.30. The maximum absolute atomic E-state index is 12.9. The highest BCUT2D eigenvalue weighted by Crippen LogP contribution is 2.37. The van der Waals surface area contributed by atoms with Gasteiger partial charge in [0, 0.05) is 11.1 Å². The minimum Gasteiger partial charge on any atom is -0.465 e. The van der Waals surface area contributed by atoms with E-state index in [1.54, 1.807) is 67.6 Å². The first kappa shape index (κ1) is 22.3. The number of halogens is 1. The molecular formula is C26H19ClO6. The molecule has 0 bridgehead atoms. The quantitative estimate of drug-likeness (QED) is 0.294. The second-order valence-electron chi connectivity index (χ2n) is 7.44. The maximum atomic E-state index is 12.9. The van der Waals surface area contributed by atoms with Gasteiger partial charge < -0.3 is 14.2 Å². The van der Waals surface area contributed by atoms with Crippen molar-refractivity contribution in [3.63, 3.8) is 0 Å². The topological polar surface area (TPSA) is 78.9 Å². The number of benzene rings is 3. The first-order valence-electron chi connectivity index (χ1n) is 10.1. The molecule has 7 heteroatoms. The van der Waals surface area contributed by atoms with Gasteiger partial charge in [0.05, 0.1) is 24.7 Å². The van der Waals surface area contributed by atoms with Crippen molar-refractivity contribution >= 4 is 35.4 Å². The van der Waals surface area contributed by atoms with E-state index in [9.17, 15) is 14.4 Å². The smallest absolute Gasteiger partial charge is 0.337 e. The molecule has 0 amide bonds. The van der Waals surface area contributed by atoms with E-state index in [2.05, 4.69) is 4.74 Å². The first-order valence-corrected chi connectivity index (χ1v) is 10.4. The number of hydrogen-bond donors (Lipinski definition) is 0. The Hall–Kier alpha value is -3.90. The van der Waals surface area contributed by atoms with Crippen LogP contribution in [0.1, 0.15) is 37.4 Å². The molecule has 0 aliphatic carbocycles. The van der Waals surface area contributed by atoms with Crippen molar-refractivity contribution in [2.75, 3.05) is 7.11 Å². The zero-order chi connectivity index (χ0) is 23.5. The van der Waals surface area contributed by atoms with Gasteiger partial charge in [0.25, 0.3) is 0 Å². The van der Waals surface area contributed by atoms with Crippen LogP contribution in [0.2, 0.25) is 5.02 Å². The summed E-state index contributed by atoms with van der Waals surface area (Å²) in [4.78, 5) is 36.8. The lowest BCUT2D eigenvalue weighted by atomic mass is 10.0. The van der Waals surface area contributed by atoms with Crippen molar-refractivity contribution in [3.05, 3.63) is 99.3 Å². The Morgan fingerprint density at radius 3 is 2.39 bits per heavy atom. The second-order valence-corrected chi connectivity index (χ2v) is 7.88. The van der Waals surface area contributed by atoms with Crippen LogP contribution < -0.4 is 9.47 Å². The Bertz CT molecular complexity index is 1270. The lowest BCUT2D eigenvalue weighted by Crippen LogP contribution is -2.11. The Balaban J connectivity index is 1.50. The highest BCUT2D eigenvalue weighted by atomic mass is 35.5. The first-order chi connectivity index (χ1) is 15.8. The molecule has 166 valence electrons. The van der Waals surface area contributed by atoms with Crippen molar-refractivity contribution in [1.82, 2.24) is 0 Å². The van der Waals surface area contributed by atoms with Crippen molar-refractivity contribution in [1.29, 1.82) is 0 Å². The number of Topliss-reactive ketones (excluding diaryl/α,β-unsaturated/α-hetero) is 1. The van der Waals surface area contributed by atoms with Crippen LogP contribution in [0.3, 0.4) is 0 Å². The van der Waals surface area contributed by atoms with Gasteiger partial charge in [-0.25, -0.2) is 4.79 Å². The molecule has 0 atom stereocenters. The van der Waals surface area contributed by atoms with Gasteiger partial charge in [0.15, 0.2) is 5.76 Å². The molecule has 0 aromatic heterocycles. The van der Waals surface area contributed by atoms with E-state index in [1.807, 2.05) is 0 Å². The van der Waals surface area contributed by atoms with Crippen molar-refractivity contribution in [3.8, 4) is 11.5 Å². The SMILES string of the molecule is COC(=O)c1ccc(/C=C2\Oc3cc(OC(=O)Cc4ccc(Cl)cc4)cc(C)c3C2=O)cc1. The predicted octanol–water partition coefficient (Wildman–Crippen LogP) is 5.20. The van der Waals surface area contributed by atoms with Crippen LogP contribution in [0.15, 0.2) is 66.4 Å². The van der Waals surface area contributed by atoms with E-state index in [0.717, 1.165) is 5.56 Å². The van der Waals surface area contributed by atoms with Crippen LogP contribution in [0.4, 0.5) is 0 Å². The second kappa shape index (κ2) is 9.30. The normalized spacial score (nSPS) is 13.4. The zero-order valence-corrected chi connectivity index (χ0v) is 18.6. The van der Waals surface area contributed by atoms with Crippen LogP contribution in [0.25, 0.3) is 6.08 Å². The number of carbonyl (C=O) groups is 3. The van der Waals surface area contributed by atoms with E-state index in [1.165, 1.54) is 13.2 Å². The standard InChI is InChI=1S/C26H19ClO6/c1-15-11-20(32-23(28)13-17-5-9-19(27)10-6-17)14-21-24(15)25(29)22(33-21)12-16-3-7-18(8-4-16)26(30)31-2/h3-12,14H,13H2,1-2H3/b22-12-. The van der Waals surface area contributed by atoms with Gasteiger partial charge in [-0.15, -0.1) is 0 Å². The number of carbonyl (C=O) groups excluding carboxylic acids is 3. The lowest BCUT2D eigenvalue weighted by Gasteiger charge is -2.08. The van der Waals surface area contributed by atoms with Crippen molar-refractivity contribution in [2.45, 2.75) is 13.3 Å². The fourth-order valence-corrected chi connectivity index (χ4v) is 3.58. The molecule has 1 aliphatic rings. The summed E-state index contributed by atoms with van der Waals surface area (Å²) in [5.74, 6) is -0.387. The molecule has 0 spiro atoms. The molecule has 0 fully saturated rings. The van der Waals surface area contributed by atoms with Crippen LogP contribution in [-0.4, -0.2) is 24.8 Å². The molecule has 0 N–H and O–H groups in total. The summed E-state index contributed by atoms with van der Waals surface area (Å²) in [6, 6.07) is 16.7. The summed E-state index contributed by atoms with van der Waals surface area (Å²) in [7, 11) is 1.31. The Morgan fingerprint density at radius 1 is 1.03 bits per heavy atom. The molecule has 33 heavy (non-hydrogen) atoms. The maximum Gasteiger partial charge on any atom is 0.337 e. The number of hydrogen-bond acceptors (Lipinski definition) is 6. The molecular weight excluding hydrogens is 444 g/mol. The van der Waals surface area contributed by atoms with Crippen LogP contribution in [-0.2, 0) is 16.0 Å². The molecule has 0 radical (unpaired) electrons. The molecule has 3 aromatic carbocycles. The van der Waals surface area contributed by atoms with Gasteiger partial charge in [-0.05, 0) is 60.0 Å². The summed E-state index contributed by atoms with van der Waals surface area (Å²) >= 11 is 5.87. The molecule has 0 saturated carbocycles. The third kappa shape index (κ3) is 4.96. The minimum atomic E-state index is -0.442. The van der Waals surface area contributed by atoms with E-state index in [0.29, 0.717) is 38.8 Å². The van der Waals surface area contributed by atoms with E-state index in [-0.39, 0.29) is 18.0 Å². The van der Waals surface area contributed by atoms with Gasteiger partial charge in [0.1, 0.15) is 11.5 Å². The lowest BCUT2D eigenvalue weighted by molar-refractivity contribution is -0.133. The average molecular weight is 463 g/mol. The van der Waals surface area contributed by atoms with E-state index >= 15 is 0 Å². The third-order valence-electron chi connectivity index (χ3n) is 5.07. The number of fused-ring (bicyclic) bond motifs is 1. The summed E-state index contributed by atoms with van der Waals surface area (Å²) < 4.78 is 15.9. The van der Waals surface area contributed by atoms with Crippen LogP contribution >= 0.6 is 11.6 Å². The van der Waals surface area contributed by atoms with Crippen LogP contribution in [0.5, 0.6) is 11.5 Å². The molecule has 4 rings (SSSR count). The number of allylic oxidation sites excluding steroid dienone is 1. The number of ether oxygens (including phenoxy) is 3. The Labute approximate surface area is 195 Å². The van der Waals surface area contributed by atoms with Gasteiger partial charge >= 0.3 is 11.9 Å². The number of aryl methyl sites for hydroxylation is 1. The average Bonchev–Trinajstić information content (AvgIpc) is 3.10. The largest absolute Gasteiger partial charge is 0.465 e. The molecule has 3 aromatic rings. The number of esters is 2. The molecule has 6 nitrogen and oxygen atoms in total. The van der Waals surface area contributed by atoms with Gasteiger partial charge in [0.2, 0.25) is 5.78 Å². The summed E-state index contributed by atoms with van der Waals surface area (Å²) in [6.45, 7) is 1.75. The molecule has 0 unspecified atom stereocenters. The number of methoxy groups -OCH3 is 1. The fourth-order valence-electron chi connectivity index (χ4n) is 3.46. The van der Waals surface area contributed by atoms with Crippen molar-refractivity contribution < 1.29 is 28.6 Å².